The van der Waals surface area contributed by atoms with Gasteiger partial charge in [0.15, 0.2) is 11.6 Å². The third kappa shape index (κ3) is 10.3. The van der Waals surface area contributed by atoms with E-state index in [2.05, 4.69) is 13.8 Å². The van der Waals surface area contributed by atoms with Gasteiger partial charge in [-0.3, -0.25) is 0 Å². The Kier molecular flexibility index (Phi) is 14.2. The van der Waals surface area contributed by atoms with Crippen LogP contribution in [0.3, 0.4) is 0 Å². The fraction of sp³-hybridized carbons (Fsp3) is 0.647. The van der Waals surface area contributed by atoms with Crippen LogP contribution in [0.5, 0.6) is 5.75 Å². The fourth-order valence-electron chi connectivity index (χ4n) is 5.55. The first-order valence-electron chi connectivity index (χ1n) is 15.4. The van der Waals surface area contributed by atoms with Crippen molar-refractivity contribution in [3.63, 3.8) is 0 Å². The Hall–Kier alpha value is -1.94. The van der Waals surface area contributed by atoms with Gasteiger partial charge in [0.05, 0.1) is 19.3 Å². The number of benzene rings is 2. The molecule has 0 aliphatic heterocycles. The summed E-state index contributed by atoms with van der Waals surface area (Å²) in [7, 11) is 0. The molecule has 1 aliphatic carbocycles. The zero-order valence-electron chi connectivity index (χ0n) is 23.9. The fourth-order valence-corrected chi connectivity index (χ4v) is 5.55. The van der Waals surface area contributed by atoms with Crippen LogP contribution >= 0.6 is 0 Å². The molecule has 1 fully saturated rings. The van der Waals surface area contributed by atoms with Crippen LogP contribution in [-0.4, -0.2) is 12.7 Å². The molecule has 2 nitrogen and oxygen atoms in total. The van der Waals surface area contributed by atoms with Crippen LogP contribution in [-0.2, 0) is 11.3 Å². The Morgan fingerprint density at radius 3 is 2.00 bits per heavy atom. The van der Waals surface area contributed by atoms with E-state index in [0.29, 0.717) is 24.9 Å². The standard InChI is InChI=1S/C34H50F2O2/c1-3-5-7-8-9-10-11-13-25-37-32-24-23-31(33(35)34(32)36)29-19-15-28(16-20-29)26-38-30-21-17-27(18-22-30)14-12-6-4-2/h15-16,19-20,23-24,27,30H,3-14,17-18,21-22,25-26H2,1-2H3. The molecular formula is C34H50F2O2. The van der Waals surface area contributed by atoms with Gasteiger partial charge in [-0.2, -0.15) is 4.39 Å². The maximum Gasteiger partial charge on any atom is 0.201 e. The summed E-state index contributed by atoms with van der Waals surface area (Å²) in [5.41, 5.74) is 1.98. The van der Waals surface area contributed by atoms with Crippen molar-refractivity contribution in [1.82, 2.24) is 0 Å². The Bertz CT molecular complexity index is 903. The largest absolute Gasteiger partial charge is 0.490 e. The topological polar surface area (TPSA) is 18.5 Å². The average molecular weight is 529 g/mol. The molecule has 0 heterocycles. The first-order chi connectivity index (χ1) is 18.6. The maximum atomic E-state index is 14.9. The van der Waals surface area contributed by atoms with Crippen molar-refractivity contribution in [2.75, 3.05) is 6.61 Å². The third-order valence-electron chi connectivity index (χ3n) is 8.06. The monoisotopic (exact) mass is 528 g/mol. The average Bonchev–Trinajstić information content (AvgIpc) is 2.94. The van der Waals surface area contributed by atoms with Crippen molar-refractivity contribution in [1.29, 1.82) is 0 Å². The van der Waals surface area contributed by atoms with Gasteiger partial charge in [-0.1, -0.05) is 109 Å². The molecular weight excluding hydrogens is 478 g/mol. The first kappa shape index (κ1) is 30.6. The predicted molar refractivity (Wildman–Crippen MR) is 155 cm³/mol. The molecule has 2 aromatic carbocycles. The highest BCUT2D eigenvalue weighted by Crippen LogP contribution is 2.32. The lowest BCUT2D eigenvalue weighted by Gasteiger charge is -2.28. The summed E-state index contributed by atoms with van der Waals surface area (Å²) in [6, 6.07) is 10.8. The van der Waals surface area contributed by atoms with Crippen LogP contribution in [0.2, 0.25) is 0 Å². The van der Waals surface area contributed by atoms with Crippen LogP contribution in [0.15, 0.2) is 36.4 Å². The highest BCUT2D eigenvalue weighted by molar-refractivity contribution is 5.65. The highest BCUT2D eigenvalue weighted by atomic mass is 19.2. The molecule has 1 saturated carbocycles. The Balaban J connectivity index is 1.40. The van der Waals surface area contributed by atoms with Crippen LogP contribution < -0.4 is 4.74 Å². The zero-order chi connectivity index (χ0) is 27.0. The summed E-state index contributed by atoms with van der Waals surface area (Å²) in [5, 5.41) is 0. The Labute approximate surface area is 230 Å². The quantitative estimate of drug-likeness (QED) is 0.179. The maximum absolute atomic E-state index is 14.9. The summed E-state index contributed by atoms with van der Waals surface area (Å²) >= 11 is 0. The highest BCUT2D eigenvalue weighted by Gasteiger charge is 2.21. The van der Waals surface area contributed by atoms with Crippen molar-refractivity contribution < 1.29 is 18.3 Å². The van der Waals surface area contributed by atoms with Crippen LogP contribution in [0.4, 0.5) is 8.78 Å². The summed E-state index contributed by atoms with van der Waals surface area (Å²) in [5.74, 6) is -0.880. The number of rotatable bonds is 18. The van der Waals surface area contributed by atoms with Crippen molar-refractivity contribution >= 4 is 0 Å². The van der Waals surface area contributed by atoms with Crippen LogP contribution in [0.1, 0.15) is 122 Å². The predicted octanol–water partition coefficient (Wildman–Crippen LogP) is 10.8. The molecule has 0 N–H and O–H groups in total. The van der Waals surface area contributed by atoms with Gasteiger partial charge in [0.25, 0.3) is 0 Å². The van der Waals surface area contributed by atoms with Gasteiger partial charge in [0.1, 0.15) is 0 Å². The van der Waals surface area contributed by atoms with Gasteiger partial charge < -0.3 is 9.47 Å². The van der Waals surface area contributed by atoms with Crippen molar-refractivity contribution in [2.24, 2.45) is 5.92 Å². The van der Waals surface area contributed by atoms with Crippen molar-refractivity contribution in [3.05, 3.63) is 53.6 Å². The summed E-state index contributed by atoms with van der Waals surface area (Å²) in [6.45, 7) is 5.46. The molecule has 0 bridgehead atoms. The molecule has 38 heavy (non-hydrogen) atoms. The number of hydrogen-bond acceptors (Lipinski definition) is 2. The van der Waals surface area contributed by atoms with E-state index in [-0.39, 0.29) is 11.3 Å². The number of halogens is 2. The lowest BCUT2D eigenvalue weighted by atomic mass is 9.84. The molecule has 0 aromatic heterocycles. The number of ether oxygens (including phenoxy) is 2. The van der Waals surface area contributed by atoms with Crippen LogP contribution in [0, 0.1) is 17.6 Å². The zero-order valence-corrected chi connectivity index (χ0v) is 23.9. The van der Waals surface area contributed by atoms with Gasteiger partial charge in [-0.05, 0) is 61.3 Å². The SMILES string of the molecule is CCCCCCCCCCOc1ccc(-c2ccc(COC3CCC(CCCCC)CC3)cc2)c(F)c1F. The van der Waals surface area contributed by atoms with E-state index in [4.69, 9.17) is 9.47 Å². The van der Waals surface area contributed by atoms with Gasteiger partial charge >= 0.3 is 0 Å². The minimum atomic E-state index is -0.903. The third-order valence-corrected chi connectivity index (χ3v) is 8.06. The lowest BCUT2D eigenvalue weighted by Crippen LogP contribution is -2.21. The van der Waals surface area contributed by atoms with Gasteiger partial charge in [0, 0.05) is 5.56 Å². The Morgan fingerprint density at radius 2 is 1.32 bits per heavy atom. The van der Waals surface area contributed by atoms with Crippen molar-refractivity contribution in [3.8, 4) is 16.9 Å². The minimum absolute atomic E-state index is 0.000648. The normalized spacial score (nSPS) is 17.6. The first-order valence-corrected chi connectivity index (χ1v) is 15.4. The molecule has 212 valence electrons. The van der Waals surface area contributed by atoms with E-state index in [1.165, 1.54) is 77.0 Å². The molecule has 0 radical (unpaired) electrons. The lowest BCUT2D eigenvalue weighted by molar-refractivity contribution is 0.00616. The van der Waals surface area contributed by atoms with E-state index in [0.717, 1.165) is 37.2 Å². The molecule has 0 unspecified atom stereocenters. The van der Waals surface area contributed by atoms with E-state index in [1.54, 1.807) is 12.1 Å². The van der Waals surface area contributed by atoms with E-state index < -0.39 is 11.6 Å². The van der Waals surface area contributed by atoms with E-state index in [1.807, 2.05) is 24.3 Å². The number of hydrogen-bond donors (Lipinski definition) is 0. The van der Waals surface area contributed by atoms with Crippen molar-refractivity contribution in [2.45, 2.75) is 129 Å². The van der Waals surface area contributed by atoms with Crippen LogP contribution in [0.25, 0.3) is 11.1 Å². The van der Waals surface area contributed by atoms with Gasteiger partial charge in [0.2, 0.25) is 5.82 Å². The molecule has 1 aliphatic rings. The van der Waals surface area contributed by atoms with Gasteiger partial charge in [-0.15, -0.1) is 0 Å². The summed E-state index contributed by atoms with van der Waals surface area (Å²) in [6.07, 6.45) is 20.0. The molecule has 0 amide bonds. The summed E-state index contributed by atoms with van der Waals surface area (Å²) < 4.78 is 41.3. The van der Waals surface area contributed by atoms with Gasteiger partial charge in [-0.25, -0.2) is 4.39 Å². The molecule has 0 atom stereocenters. The molecule has 0 spiro atoms. The van der Waals surface area contributed by atoms with E-state index >= 15 is 0 Å². The second kappa shape index (κ2) is 17.6. The Morgan fingerprint density at radius 1 is 0.684 bits per heavy atom. The molecule has 0 saturated heterocycles. The van der Waals surface area contributed by atoms with E-state index in [9.17, 15) is 8.78 Å². The molecule has 3 rings (SSSR count). The summed E-state index contributed by atoms with van der Waals surface area (Å²) in [4.78, 5) is 0. The smallest absolute Gasteiger partial charge is 0.201 e. The molecule has 4 heteroatoms. The second-order valence-electron chi connectivity index (χ2n) is 11.2. The minimum Gasteiger partial charge on any atom is -0.490 e. The number of unbranched alkanes of at least 4 members (excludes halogenated alkanes) is 9. The molecule has 2 aromatic rings. The second-order valence-corrected chi connectivity index (χ2v) is 11.2.